The van der Waals surface area contributed by atoms with Gasteiger partial charge in [-0.3, -0.25) is 9.59 Å². The van der Waals surface area contributed by atoms with Crippen LogP contribution in [0.25, 0.3) is 22.2 Å². The van der Waals surface area contributed by atoms with Crippen LogP contribution in [0.3, 0.4) is 0 Å². The molecule has 1 amide bonds. The van der Waals surface area contributed by atoms with Crippen molar-refractivity contribution >= 4 is 28.6 Å². The summed E-state index contributed by atoms with van der Waals surface area (Å²) in [5.41, 5.74) is 4.97. The van der Waals surface area contributed by atoms with Gasteiger partial charge in [0.1, 0.15) is 23.6 Å². The molecule has 2 aliphatic heterocycles. The lowest BCUT2D eigenvalue weighted by Crippen LogP contribution is -2.60. The maximum Gasteiger partial charge on any atom is 0.335 e. The van der Waals surface area contributed by atoms with Crippen LogP contribution in [-0.4, -0.2) is 71.6 Å². The highest BCUT2D eigenvalue weighted by Gasteiger charge is 2.42. The molecule has 0 radical (unpaired) electrons. The van der Waals surface area contributed by atoms with E-state index in [1.54, 1.807) is 19.2 Å². The number of nitrogens with zero attached hydrogens (tertiary/aromatic N) is 2. The molecule has 7 rings (SSSR count). The van der Waals surface area contributed by atoms with E-state index in [4.69, 9.17) is 9.47 Å². The number of rotatable bonds is 8. The minimum Gasteiger partial charge on any atom is -0.497 e. The number of fused-ring (bicyclic) bond motifs is 5. The summed E-state index contributed by atoms with van der Waals surface area (Å²) in [5.74, 6) is 0.660. The predicted octanol–water partition coefficient (Wildman–Crippen LogP) is 6.46. The van der Waals surface area contributed by atoms with Crippen molar-refractivity contribution in [2.75, 3.05) is 33.9 Å². The number of benzene rings is 3. The van der Waals surface area contributed by atoms with Crippen molar-refractivity contribution in [3.8, 4) is 22.8 Å². The van der Waals surface area contributed by atoms with E-state index in [1.165, 1.54) is 48.0 Å². The number of hydrogen-bond donors (Lipinski definition) is 2. The van der Waals surface area contributed by atoms with E-state index in [9.17, 15) is 19.5 Å². The number of hydrogen-bond acceptors (Lipinski definition) is 6. The van der Waals surface area contributed by atoms with Crippen LogP contribution in [0.5, 0.6) is 11.5 Å². The van der Waals surface area contributed by atoms with E-state index in [0.717, 1.165) is 41.0 Å². The molecule has 0 spiro atoms. The highest BCUT2D eigenvalue weighted by molar-refractivity contribution is 6.04. The number of carbonyl (C=O) groups excluding carboxylic acids is 2. The summed E-state index contributed by atoms with van der Waals surface area (Å²) in [6.07, 6.45) is 7.08. The fourth-order valence-corrected chi connectivity index (χ4v) is 7.92. The van der Waals surface area contributed by atoms with Crippen molar-refractivity contribution < 1.29 is 29.0 Å². The predicted molar refractivity (Wildman–Crippen MR) is 184 cm³/mol. The number of ketones is 1. The number of aromatic nitrogens is 1. The van der Waals surface area contributed by atoms with Crippen molar-refractivity contribution in [2.24, 2.45) is 0 Å². The molecule has 1 aromatic heterocycles. The zero-order chi connectivity index (χ0) is 33.4. The third-order valence-corrected chi connectivity index (χ3v) is 10.7. The third-order valence-electron chi connectivity index (χ3n) is 10.7. The zero-order valence-corrected chi connectivity index (χ0v) is 27.7. The van der Waals surface area contributed by atoms with E-state index < -0.39 is 11.5 Å². The quantitative estimate of drug-likeness (QED) is 0.225. The molecule has 250 valence electrons. The van der Waals surface area contributed by atoms with Crippen LogP contribution >= 0.6 is 0 Å². The Morgan fingerprint density at radius 3 is 2.38 bits per heavy atom. The Morgan fingerprint density at radius 2 is 1.67 bits per heavy atom. The lowest BCUT2D eigenvalue weighted by atomic mass is 9.80. The Kier molecular flexibility index (Phi) is 8.73. The average Bonchev–Trinajstić information content (AvgIpc) is 3.30. The maximum atomic E-state index is 14.1. The molecule has 1 aliphatic carbocycles. The first-order chi connectivity index (χ1) is 23.3. The van der Waals surface area contributed by atoms with Crippen LogP contribution in [0.2, 0.25) is 0 Å². The Hall–Kier alpha value is -4.63. The van der Waals surface area contributed by atoms with Gasteiger partial charge < -0.3 is 29.4 Å². The molecule has 1 saturated heterocycles. The highest BCUT2D eigenvalue weighted by Crippen LogP contribution is 2.47. The molecule has 3 aromatic carbocycles. The molecule has 3 aliphatic rings. The number of methoxy groups -OCH3 is 1. The number of ether oxygens (including phenoxy) is 2. The molecule has 1 saturated carbocycles. The van der Waals surface area contributed by atoms with Gasteiger partial charge in [-0.05, 0) is 86.2 Å². The van der Waals surface area contributed by atoms with Crippen LogP contribution in [0, 0.1) is 0 Å². The summed E-state index contributed by atoms with van der Waals surface area (Å²) < 4.78 is 14.1. The Bertz CT molecular complexity index is 1860. The zero-order valence-electron chi connectivity index (χ0n) is 27.7. The second-order valence-corrected chi connectivity index (χ2v) is 13.6. The molecule has 4 aromatic rings. The van der Waals surface area contributed by atoms with Crippen LogP contribution < -0.4 is 14.8 Å². The fraction of sp³-hybridized carbons (Fsp3) is 0.410. The number of piperidine rings is 1. The minimum absolute atomic E-state index is 0.0616. The van der Waals surface area contributed by atoms with Gasteiger partial charge in [0.25, 0.3) is 5.91 Å². The third kappa shape index (κ3) is 5.96. The molecule has 0 unspecified atom stereocenters. The van der Waals surface area contributed by atoms with Gasteiger partial charge in [-0.2, -0.15) is 0 Å². The number of aromatic carboxylic acids is 1. The monoisotopic (exact) mass is 649 g/mol. The number of likely N-dealkylation sites (tertiary alicyclic amines) is 1. The van der Waals surface area contributed by atoms with Crippen molar-refractivity contribution in [3.05, 3.63) is 82.9 Å². The molecule has 0 bridgehead atoms. The molecule has 9 heteroatoms. The summed E-state index contributed by atoms with van der Waals surface area (Å²) in [7, 11) is 3.69. The Labute approximate surface area is 280 Å². The van der Waals surface area contributed by atoms with E-state index in [1.807, 2.05) is 31.3 Å². The van der Waals surface area contributed by atoms with Gasteiger partial charge in [-0.15, -0.1) is 0 Å². The highest BCUT2D eigenvalue weighted by atomic mass is 16.5. The van der Waals surface area contributed by atoms with Crippen molar-refractivity contribution in [1.29, 1.82) is 0 Å². The minimum atomic E-state index is -1.01. The molecular formula is C39H43N3O6. The molecule has 3 heterocycles. The van der Waals surface area contributed by atoms with Gasteiger partial charge in [0.15, 0.2) is 5.78 Å². The van der Waals surface area contributed by atoms with Crippen LogP contribution in [0.1, 0.15) is 82.7 Å². The van der Waals surface area contributed by atoms with Crippen LogP contribution in [0.15, 0.2) is 60.7 Å². The first-order valence-corrected chi connectivity index (χ1v) is 17.1. The Morgan fingerprint density at radius 1 is 0.938 bits per heavy atom. The summed E-state index contributed by atoms with van der Waals surface area (Å²) >= 11 is 0. The van der Waals surface area contributed by atoms with Crippen LogP contribution in [0.4, 0.5) is 0 Å². The van der Waals surface area contributed by atoms with Gasteiger partial charge in [0.2, 0.25) is 0 Å². The summed E-state index contributed by atoms with van der Waals surface area (Å²) in [5, 5.41) is 13.7. The summed E-state index contributed by atoms with van der Waals surface area (Å²) in [6.45, 7) is 2.51. The number of Topliss-reactive ketones (excluding diaryl/α,β-unsaturated/α-hetero) is 1. The van der Waals surface area contributed by atoms with Crippen LogP contribution in [-0.2, 0) is 17.8 Å². The molecule has 9 nitrogen and oxygen atoms in total. The summed E-state index contributed by atoms with van der Waals surface area (Å²) in [6, 6.07) is 18.4. The van der Waals surface area contributed by atoms with Crippen molar-refractivity contribution in [1.82, 2.24) is 14.8 Å². The number of nitrogens with one attached hydrogen (secondary N) is 1. The number of amides is 1. The lowest BCUT2D eigenvalue weighted by Gasteiger charge is -2.40. The van der Waals surface area contributed by atoms with E-state index in [0.29, 0.717) is 50.6 Å². The molecule has 2 fully saturated rings. The maximum absolute atomic E-state index is 14.1. The standard InChI is InChI=1S/C39H43N3O6/c1-41-18-16-39(17-19-41,34(43)22-25-8-10-27(11-9-25)38(45)46)40-37(44)28-12-14-30-32(23-28)42-20-21-48-33-24-29(47-2)13-15-31(33)36(42)35(30)26-6-4-3-5-7-26/h8-15,23-24,26H,3-7,16-22H2,1-2H3,(H,40,44)(H,45,46). The first kappa shape index (κ1) is 31.9. The molecule has 48 heavy (non-hydrogen) atoms. The van der Waals surface area contributed by atoms with Gasteiger partial charge >= 0.3 is 5.97 Å². The van der Waals surface area contributed by atoms with Gasteiger partial charge in [-0.1, -0.05) is 37.5 Å². The Balaban J connectivity index is 1.25. The van der Waals surface area contributed by atoms with E-state index in [2.05, 4.69) is 26.9 Å². The molecule has 0 atom stereocenters. The van der Waals surface area contributed by atoms with Gasteiger partial charge in [-0.25, -0.2) is 4.79 Å². The largest absolute Gasteiger partial charge is 0.497 e. The molecular weight excluding hydrogens is 606 g/mol. The second kappa shape index (κ2) is 13.1. The van der Waals surface area contributed by atoms with Crippen molar-refractivity contribution in [2.45, 2.75) is 69.4 Å². The van der Waals surface area contributed by atoms with Gasteiger partial charge in [0, 0.05) is 47.6 Å². The average molecular weight is 650 g/mol. The number of carboxylic acid groups (broad SMARTS) is 1. The second-order valence-electron chi connectivity index (χ2n) is 13.6. The number of carbonyl (C=O) groups is 3. The van der Waals surface area contributed by atoms with E-state index >= 15 is 0 Å². The van der Waals surface area contributed by atoms with Gasteiger partial charge in [0.05, 0.1) is 24.9 Å². The number of carboxylic acids is 1. The van der Waals surface area contributed by atoms with Crippen molar-refractivity contribution in [3.63, 3.8) is 0 Å². The van der Waals surface area contributed by atoms with E-state index in [-0.39, 0.29) is 23.7 Å². The summed E-state index contributed by atoms with van der Waals surface area (Å²) in [4.78, 5) is 41.6. The lowest BCUT2D eigenvalue weighted by molar-refractivity contribution is -0.126. The molecule has 2 N–H and O–H groups in total. The first-order valence-electron chi connectivity index (χ1n) is 17.1. The fourth-order valence-electron chi connectivity index (χ4n) is 7.92. The normalized spacial score (nSPS) is 17.9. The topological polar surface area (TPSA) is 110 Å². The smallest absolute Gasteiger partial charge is 0.335 e. The SMILES string of the molecule is COc1ccc2c(c1)OCCn1c-2c(C2CCCCC2)c2ccc(C(=O)NC3(C(=O)Cc4ccc(C(=O)O)cc4)CCN(C)CC3)cc21.